The van der Waals surface area contributed by atoms with Gasteiger partial charge in [0.1, 0.15) is 0 Å². The van der Waals surface area contributed by atoms with Crippen LogP contribution in [0, 0.1) is 103 Å². The second-order valence-electron chi connectivity index (χ2n) is 15.8. The molecule has 5 aliphatic rings. The molecular formula is C30H63NNdPSi2. The molecule has 0 aromatic heterocycles. The summed E-state index contributed by atoms with van der Waals surface area (Å²) in [5.74, 6) is 6.56. The third-order valence-corrected chi connectivity index (χ3v) is 12.1. The van der Waals surface area contributed by atoms with E-state index in [-0.39, 0.29) is 48.3 Å². The maximum Gasteiger partial charge on any atom is 3.00 e. The van der Waals surface area contributed by atoms with Gasteiger partial charge in [-0.3, -0.25) is 4.74 Å². The topological polar surface area (TPSA) is 12.4 Å². The van der Waals surface area contributed by atoms with E-state index in [0.29, 0.717) is 5.54 Å². The van der Waals surface area contributed by atoms with Crippen LogP contribution >= 0.6 is 7.05 Å². The summed E-state index contributed by atoms with van der Waals surface area (Å²) in [5, 5.41) is 0. The first kappa shape index (κ1) is 37.0. The van der Waals surface area contributed by atoms with E-state index in [1.165, 1.54) is 38.5 Å². The van der Waals surface area contributed by atoms with Crippen LogP contribution < -0.4 is 0 Å². The summed E-state index contributed by atoms with van der Waals surface area (Å²) in [6, 6.07) is 0. The normalized spacial score (nSPS) is 39.8. The van der Waals surface area contributed by atoms with Crippen LogP contribution in [0.15, 0.2) is 4.74 Å². The quantitative estimate of drug-likeness (QED) is 0.158. The van der Waals surface area contributed by atoms with Crippen molar-refractivity contribution in [2.75, 3.05) is 13.3 Å². The minimum atomic E-state index is -1.20. The molecule has 5 fully saturated rings. The van der Waals surface area contributed by atoms with Crippen molar-refractivity contribution in [1.29, 1.82) is 0 Å². The number of nitrogens with zero attached hydrogens (tertiary/aromatic N) is 1. The van der Waals surface area contributed by atoms with Gasteiger partial charge in [-0.05, 0) is 106 Å². The Morgan fingerprint density at radius 3 is 1.17 bits per heavy atom. The van der Waals surface area contributed by atoms with Gasteiger partial charge in [-0.1, -0.05) is 67.0 Å². The van der Waals surface area contributed by atoms with Crippen LogP contribution in [0.3, 0.4) is 0 Å². The molecule has 5 saturated carbocycles. The molecule has 35 heavy (non-hydrogen) atoms. The molecule has 4 bridgehead atoms. The van der Waals surface area contributed by atoms with Gasteiger partial charge < -0.3 is 20.5 Å². The van der Waals surface area contributed by atoms with Crippen LogP contribution in [-0.2, 0) is 0 Å². The molecule has 0 saturated heterocycles. The summed E-state index contributed by atoms with van der Waals surface area (Å²) >= 11 is 0. The van der Waals surface area contributed by atoms with Gasteiger partial charge in [-0.25, -0.2) is 0 Å². The zero-order valence-electron chi connectivity index (χ0n) is 26.2. The molecule has 0 amide bonds. The molecule has 0 aliphatic heterocycles. The zero-order chi connectivity index (χ0) is 25.6. The van der Waals surface area contributed by atoms with Gasteiger partial charge in [-0.2, -0.15) is 0 Å². The van der Waals surface area contributed by atoms with E-state index in [0.717, 1.165) is 47.1 Å². The Morgan fingerprint density at radius 2 is 0.914 bits per heavy atom. The standard InChI is InChI=1S/C21H38NP.2C4H11Si.CH3.Nd/c1-13-14(2)16(4)20(15(13)3)23(5,6)22-21-10-17-7-18(11-21)9-19(8-17)12-21;2*1-5(2,3)4;;/h13-20H,7-12H2,1-6H3;2*1H2,2-4H3;1H3;/q;3*-1;+3. The van der Waals surface area contributed by atoms with Crippen molar-refractivity contribution in [3.05, 3.63) is 20.5 Å². The molecule has 4 unspecified atom stereocenters. The summed E-state index contributed by atoms with van der Waals surface area (Å²) in [6.45, 7) is 36.4. The molecule has 0 spiro atoms. The van der Waals surface area contributed by atoms with E-state index in [1.807, 2.05) is 0 Å². The summed E-state index contributed by atoms with van der Waals surface area (Å²) in [7, 11) is -2.92. The van der Waals surface area contributed by atoms with Gasteiger partial charge in [0.25, 0.3) is 0 Å². The average Bonchev–Trinajstić information content (AvgIpc) is 2.73. The van der Waals surface area contributed by atoms with Crippen molar-refractivity contribution in [3.63, 3.8) is 0 Å². The molecule has 0 N–H and O–H groups in total. The minimum absolute atomic E-state index is 0. The first-order valence-corrected chi connectivity index (χ1v) is 24.1. The summed E-state index contributed by atoms with van der Waals surface area (Å²) < 4.78 is 5.86. The first-order chi connectivity index (χ1) is 14.7. The SMILES string of the molecule is CC1C(C)C(C)C(P(C)(C)=NC23CC4CC(CC(C4)C2)C3)C1C.[CH2-][Si](C)(C)C.[CH2-][Si](C)(C)C.[CH3-].[Nd+3]. The molecule has 5 rings (SSSR count). The molecule has 0 aromatic rings. The van der Waals surface area contributed by atoms with Gasteiger partial charge in [0.2, 0.25) is 0 Å². The van der Waals surface area contributed by atoms with Crippen LogP contribution in [0.5, 0.6) is 0 Å². The molecule has 0 aromatic carbocycles. The van der Waals surface area contributed by atoms with Crippen molar-refractivity contribution in [2.24, 2.45) is 46.2 Å². The van der Waals surface area contributed by atoms with Crippen LogP contribution in [-0.4, -0.2) is 40.7 Å². The largest absolute Gasteiger partial charge is 3.00 e. The smallest absolute Gasteiger partial charge is 0.358 e. The van der Waals surface area contributed by atoms with Crippen molar-refractivity contribution >= 4 is 23.2 Å². The Hall–Kier alpha value is 2.01. The van der Waals surface area contributed by atoms with E-state index in [9.17, 15) is 0 Å². The maximum absolute atomic E-state index is 5.86. The van der Waals surface area contributed by atoms with Gasteiger partial charge >= 0.3 is 40.8 Å². The molecule has 1 radical (unpaired) electrons. The number of rotatable bonds is 2. The third kappa shape index (κ3) is 11.2. The molecule has 205 valence electrons. The predicted molar refractivity (Wildman–Crippen MR) is 166 cm³/mol. The van der Waals surface area contributed by atoms with Gasteiger partial charge in [-0.15, -0.1) is 16.1 Å². The second-order valence-corrected chi connectivity index (χ2v) is 29.8. The first-order valence-electron chi connectivity index (χ1n) is 14.0. The van der Waals surface area contributed by atoms with E-state index < -0.39 is 23.2 Å². The number of hydrogen-bond donors (Lipinski definition) is 0. The van der Waals surface area contributed by atoms with Gasteiger partial charge in [0.15, 0.2) is 0 Å². The Labute approximate surface area is 258 Å². The van der Waals surface area contributed by atoms with Crippen LogP contribution in [0.25, 0.3) is 0 Å². The van der Waals surface area contributed by atoms with E-state index in [2.05, 4.69) is 93.4 Å². The van der Waals surface area contributed by atoms with Crippen molar-refractivity contribution in [2.45, 2.75) is 117 Å². The van der Waals surface area contributed by atoms with Crippen LogP contribution in [0.1, 0.15) is 66.2 Å². The fourth-order valence-corrected chi connectivity index (χ4v) is 12.3. The summed E-state index contributed by atoms with van der Waals surface area (Å²) in [4.78, 5) is 0. The fraction of sp³-hybridized carbons (Fsp3) is 0.900. The van der Waals surface area contributed by atoms with Crippen molar-refractivity contribution in [3.8, 4) is 0 Å². The van der Waals surface area contributed by atoms with Crippen molar-refractivity contribution < 1.29 is 40.8 Å². The maximum atomic E-state index is 5.86. The average molecular weight is 669 g/mol. The molecule has 5 aliphatic carbocycles. The molecule has 4 atom stereocenters. The summed E-state index contributed by atoms with van der Waals surface area (Å²) in [6.07, 6.45) is 8.96. The Morgan fingerprint density at radius 1 is 0.657 bits per heavy atom. The predicted octanol–water partition coefficient (Wildman–Crippen LogP) is 10.2. The van der Waals surface area contributed by atoms with Gasteiger partial charge in [0, 0.05) is 0 Å². The fourth-order valence-electron chi connectivity index (χ4n) is 8.01. The zero-order valence-corrected chi connectivity index (χ0v) is 32.3. The van der Waals surface area contributed by atoms with Crippen LogP contribution in [0.4, 0.5) is 0 Å². The number of hydrogen-bond acceptors (Lipinski definition) is 1. The molecule has 1 nitrogen and oxygen atoms in total. The summed E-state index contributed by atoms with van der Waals surface area (Å²) in [5.41, 5.74) is 1.29. The molecular weight excluding hydrogens is 606 g/mol. The second kappa shape index (κ2) is 13.6. The van der Waals surface area contributed by atoms with E-state index in [4.69, 9.17) is 4.74 Å². The van der Waals surface area contributed by atoms with Crippen molar-refractivity contribution in [1.82, 2.24) is 0 Å². The monoisotopic (exact) mass is 666 g/mol. The third-order valence-electron chi connectivity index (χ3n) is 8.77. The molecule has 0 heterocycles. The van der Waals surface area contributed by atoms with E-state index in [1.54, 1.807) is 0 Å². The Bertz CT molecular complexity index is 629. The van der Waals surface area contributed by atoms with Crippen LogP contribution in [0.2, 0.25) is 39.3 Å². The van der Waals surface area contributed by atoms with Gasteiger partial charge in [0.05, 0.1) is 5.54 Å². The minimum Gasteiger partial charge on any atom is -0.358 e. The molecule has 5 heteroatoms. The Kier molecular flexibility index (Phi) is 14.4. The van der Waals surface area contributed by atoms with E-state index >= 15 is 0 Å². The Balaban J connectivity index is 0.000000827.